The molecule has 0 aliphatic carbocycles. The number of rotatable bonds is 11. The zero-order chi connectivity index (χ0) is 24.7. The maximum atomic E-state index is 12.8. The van der Waals surface area contributed by atoms with Gasteiger partial charge in [0.25, 0.3) is 5.56 Å². The molecule has 0 saturated carbocycles. The molecule has 2 aromatic rings. The molecule has 3 rings (SSSR count). The van der Waals surface area contributed by atoms with E-state index in [0.717, 1.165) is 41.8 Å². The fourth-order valence-corrected chi connectivity index (χ4v) is 5.76. The number of hydrogen-bond acceptors (Lipinski definition) is 6. The highest BCUT2D eigenvalue weighted by atomic mass is 32.2. The van der Waals surface area contributed by atoms with Crippen molar-refractivity contribution in [1.29, 1.82) is 0 Å². The second kappa shape index (κ2) is 11.6. The van der Waals surface area contributed by atoms with Crippen LogP contribution in [0.15, 0.2) is 52.3 Å². The fourth-order valence-electron chi connectivity index (χ4n) is 4.28. The summed E-state index contributed by atoms with van der Waals surface area (Å²) in [5, 5.41) is 2.93. The summed E-state index contributed by atoms with van der Waals surface area (Å²) >= 11 is 0. The standard InChI is InChI=1S/C24H34N4O5S/c1-4-28(5-2)34(31,32)21-11-12-24(30)27(17-21)18-23(29)25-16-22(26-13-6-7-14-26)19-9-8-10-20(15-19)33-3/h8-12,15,17,22H,4-7,13-14,16,18H2,1-3H3,(H,25,29)/t22-/m1/s1. The number of sulfonamides is 1. The van der Waals surface area contributed by atoms with Crippen molar-refractivity contribution in [1.82, 2.24) is 19.1 Å². The number of carbonyl (C=O) groups excluding carboxylic acids is 1. The molecule has 34 heavy (non-hydrogen) atoms. The van der Waals surface area contributed by atoms with Gasteiger partial charge in [-0.15, -0.1) is 0 Å². The Kier molecular flexibility index (Phi) is 8.87. The van der Waals surface area contributed by atoms with Crippen molar-refractivity contribution in [2.24, 2.45) is 0 Å². The van der Waals surface area contributed by atoms with Gasteiger partial charge in [-0.1, -0.05) is 26.0 Å². The first-order chi connectivity index (χ1) is 16.3. The molecule has 1 fully saturated rings. The summed E-state index contributed by atoms with van der Waals surface area (Å²) in [5.74, 6) is 0.400. The highest BCUT2D eigenvalue weighted by Crippen LogP contribution is 2.27. The second-order valence-electron chi connectivity index (χ2n) is 8.26. The Labute approximate surface area is 201 Å². The van der Waals surface area contributed by atoms with Crippen LogP contribution in [-0.4, -0.2) is 67.9 Å². The quantitative estimate of drug-likeness (QED) is 0.516. The molecule has 1 aliphatic heterocycles. The van der Waals surface area contributed by atoms with E-state index in [9.17, 15) is 18.0 Å². The lowest BCUT2D eigenvalue weighted by Crippen LogP contribution is -2.39. The van der Waals surface area contributed by atoms with Crippen LogP contribution in [0.1, 0.15) is 38.3 Å². The molecule has 0 spiro atoms. The van der Waals surface area contributed by atoms with E-state index < -0.39 is 15.6 Å². The summed E-state index contributed by atoms with van der Waals surface area (Å²) in [6, 6.07) is 10.3. The summed E-state index contributed by atoms with van der Waals surface area (Å²) in [7, 11) is -2.11. The number of amides is 1. The molecule has 1 amide bonds. The van der Waals surface area contributed by atoms with Gasteiger partial charge in [0.15, 0.2) is 0 Å². The monoisotopic (exact) mass is 490 g/mol. The Morgan fingerprint density at radius 1 is 1.15 bits per heavy atom. The molecule has 1 N–H and O–H groups in total. The number of hydrogen-bond donors (Lipinski definition) is 1. The second-order valence-corrected chi connectivity index (χ2v) is 10.2. The molecular formula is C24H34N4O5S. The highest BCUT2D eigenvalue weighted by molar-refractivity contribution is 7.89. The Bertz CT molecular complexity index is 1140. The van der Waals surface area contributed by atoms with Gasteiger partial charge in [-0.25, -0.2) is 8.42 Å². The van der Waals surface area contributed by atoms with Gasteiger partial charge in [-0.3, -0.25) is 14.5 Å². The van der Waals surface area contributed by atoms with Crippen LogP contribution in [0.5, 0.6) is 5.75 Å². The number of carbonyl (C=O) groups is 1. The van der Waals surface area contributed by atoms with Crippen LogP contribution in [0.3, 0.4) is 0 Å². The van der Waals surface area contributed by atoms with Gasteiger partial charge in [-0.05, 0) is 49.7 Å². The fraction of sp³-hybridized carbons (Fsp3) is 0.500. The van der Waals surface area contributed by atoms with Crippen molar-refractivity contribution >= 4 is 15.9 Å². The van der Waals surface area contributed by atoms with E-state index in [1.54, 1.807) is 21.0 Å². The minimum absolute atomic E-state index is 0.00470. The Hall–Kier alpha value is -2.69. The molecule has 1 aromatic carbocycles. The van der Waals surface area contributed by atoms with E-state index in [-0.39, 0.29) is 23.4 Å². The third-order valence-electron chi connectivity index (χ3n) is 6.17. The van der Waals surface area contributed by atoms with Gasteiger partial charge in [-0.2, -0.15) is 4.31 Å². The molecule has 1 aliphatic rings. The maximum absolute atomic E-state index is 12.8. The van der Waals surface area contributed by atoms with Crippen molar-refractivity contribution < 1.29 is 17.9 Å². The topological polar surface area (TPSA) is 101 Å². The SMILES string of the molecule is CCN(CC)S(=O)(=O)c1ccc(=O)n(CC(=O)NC[C@H](c2cccc(OC)c2)N2CCCC2)c1. The number of pyridine rings is 1. The van der Waals surface area contributed by atoms with E-state index in [0.29, 0.717) is 19.6 Å². The van der Waals surface area contributed by atoms with Crippen LogP contribution in [0.4, 0.5) is 0 Å². The number of methoxy groups -OCH3 is 1. The Morgan fingerprint density at radius 2 is 1.85 bits per heavy atom. The van der Waals surface area contributed by atoms with Crippen molar-refractivity contribution in [3.05, 3.63) is 58.5 Å². The average molecular weight is 491 g/mol. The summed E-state index contributed by atoms with van der Waals surface area (Å²) < 4.78 is 33.4. The maximum Gasteiger partial charge on any atom is 0.251 e. The van der Waals surface area contributed by atoms with Gasteiger partial charge in [0.05, 0.1) is 18.0 Å². The number of benzene rings is 1. The van der Waals surface area contributed by atoms with Crippen LogP contribution in [0, 0.1) is 0 Å². The molecule has 1 atom stereocenters. The van der Waals surface area contributed by atoms with E-state index in [2.05, 4.69) is 10.2 Å². The van der Waals surface area contributed by atoms with Gasteiger partial charge in [0, 0.05) is 31.9 Å². The first-order valence-corrected chi connectivity index (χ1v) is 13.1. The molecule has 1 saturated heterocycles. The normalized spacial score (nSPS) is 15.4. The molecule has 0 unspecified atom stereocenters. The number of nitrogens with one attached hydrogen (secondary N) is 1. The first-order valence-electron chi connectivity index (χ1n) is 11.7. The van der Waals surface area contributed by atoms with Crippen molar-refractivity contribution in [3.63, 3.8) is 0 Å². The summed E-state index contributed by atoms with van der Waals surface area (Å²) in [4.78, 5) is 27.4. The third-order valence-corrected chi connectivity index (χ3v) is 8.20. The average Bonchev–Trinajstić information content (AvgIpc) is 3.36. The van der Waals surface area contributed by atoms with Gasteiger partial charge >= 0.3 is 0 Å². The van der Waals surface area contributed by atoms with Crippen LogP contribution in [0.25, 0.3) is 0 Å². The summed E-state index contributed by atoms with van der Waals surface area (Å²) in [5.41, 5.74) is 0.614. The van der Waals surface area contributed by atoms with E-state index >= 15 is 0 Å². The number of nitrogens with zero attached hydrogens (tertiary/aromatic N) is 3. The van der Waals surface area contributed by atoms with Crippen LogP contribution in [-0.2, 0) is 21.4 Å². The first kappa shape index (κ1) is 25.9. The number of ether oxygens (including phenoxy) is 1. The molecule has 0 radical (unpaired) electrons. The predicted octanol–water partition coefficient (Wildman–Crippen LogP) is 1.84. The highest BCUT2D eigenvalue weighted by Gasteiger charge is 2.25. The summed E-state index contributed by atoms with van der Waals surface area (Å²) in [6.07, 6.45) is 3.46. The predicted molar refractivity (Wildman–Crippen MR) is 130 cm³/mol. The van der Waals surface area contributed by atoms with Crippen LogP contribution < -0.4 is 15.6 Å². The van der Waals surface area contributed by atoms with Gasteiger partial charge in [0.1, 0.15) is 12.3 Å². The number of likely N-dealkylation sites (tertiary alicyclic amines) is 1. The zero-order valence-electron chi connectivity index (χ0n) is 20.1. The van der Waals surface area contributed by atoms with Gasteiger partial charge in [0.2, 0.25) is 15.9 Å². The minimum atomic E-state index is -3.73. The van der Waals surface area contributed by atoms with Crippen LogP contribution in [0.2, 0.25) is 0 Å². The van der Waals surface area contributed by atoms with Gasteiger partial charge < -0.3 is 14.6 Å². The molecule has 9 nitrogen and oxygen atoms in total. The van der Waals surface area contributed by atoms with E-state index in [4.69, 9.17) is 4.74 Å². The Morgan fingerprint density at radius 3 is 2.50 bits per heavy atom. The smallest absolute Gasteiger partial charge is 0.251 e. The zero-order valence-corrected chi connectivity index (χ0v) is 20.9. The van der Waals surface area contributed by atoms with Crippen molar-refractivity contribution in [3.8, 4) is 5.75 Å². The molecule has 1 aromatic heterocycles. The number of aromatic nitrogens is 1. The van der Waals surface area contributed by atoms with E-state index in [1.165, 1.54) is 22.6 Å². The minimum Gasteiger partial charge on any atom is -0.497 e. The molecule has 10 heteroatoms. The lowest BCUT2D eigenvalue weighted by molar-refractivity contribution is -0.122. The summed E-state index contributed by atoms with van der Waals surface area (Å²) in [6.45, 7) is 6.16. The Balaban J connectivity index is 1.74. The molecule has 0 bridgehead atoms. The molecular weight excluding hydrogens is 456 g/mol. The van der Waals surface area contributed by atoms with Crippen molar-refractivity contribution in [2.45, 2.75) is 44.2 Å². The molecule has 186 valence electrons. The molecule has 2 heterocycles. The lowest BCUT2D eigenvalue weighted by atomic mass is 10.0. The van der Waals surface area contributed by atoms with Crippen molar-refractivity contribution in [2.75, 3.05) is 39.8 Å². The third kappa shape index (κ3) is 6.05. The van der Waals surface area contributed by atoms with Crippen LogP contribution >= 0.6 is 0 Å². The van der Waals surface area contributed by atoms with E-state index in [1.807, 2.05) is 24.3 Å². The lowest BCUT2D eigenvalue weighted by Gasteiger charge is -2.28. The largest absolute Gasteiger partial charge is 0.497 e.